The lowest BCUT2D eigenvalue weighted by Crippen LogP contribution is -2.37. The summed E-state index contributed by atoms with van der Waals surface area (Å²) in [7, 11) is 1.50. The number of Topliss-reactive ketones (excluding diaryl/α,β-unsaturated/α-hetero) is 2. The van der Waals surface area contributed by atoms with E-state index in [1.54, 1.807) is 12.1 Å². The van der Waals surface area contributed by atoms with Gasteiger partial charge in [-0.3, -0.25) is 9.59 Å². The van der Waals surface area contributed by atoms with Crippen molar-refractivity contribution in [2.45, 2.75) is 65.7 Å². The minimum Gasteiger partial charge on any atom is -0.504 e. The molecule has 0 bridgehead atoms. The molecule has 1 aromatic rings. The van der Waals surface area contributed by atoms with Crippen LogP contribution in [0.2, 0.25) is 0 Å². The maximum Gasteiger partial charge on any atom is 0.163 e. The Morgan fingerprint density at radius 2 is 1.56 bits per heavy atom. The van der Waals surface area contributed by atoms with Crippen molar-refractivity contribution in [3.63, 3.8) is 0 Å². The van der Waals surface area contributed by atoms with Gasteiger partial charge >= 0.3 is 0 Å². The Balaban J connectivity index is 1.97. The van der Waals surface area contributed by atoms with Crippen molar-refractivity contribution in [3.8, 4) is 11.5 Å². The molecule has 170 valence electrons. The lowest BCUT2D eigenvalue weighted by molar-refractivity contribution is -0.120. The molecule has 1 heterocycles. The summed E-state index contributed by atoms with van der Waals surface area (Å²) in [5.74, 6) is 1.25. The number of rotatable bonds is 4. The van der Waals surface area contributed by atoms with Gasteiger partial charge in [-0.1, -0.05) is 39.8 Å². The molecule has 0 aromatic heterocycles. The maximum atomic E-state index is 13.4. The first-order chi connectivity index (χ1) is 15.0. The van der Waals surface area contributed by atoms with Crippen LogP contribution >= 0.6 is 0 Å². The number of ether oxygens (including phenoxy) is 2. The normalized spacial score (nSPS) is 22.3. The van der Waals surface area contributed by atoms with Crippen LogP contribution in [0.4, 0.5) is 0 Å². The number of allylic oxidation sites excluding steroid dienone is 5. The summed E-state index contributed by atoms with van der Waals surface area (Å²) in [6.07, 6.45) is 4.25. The van der Waals surface area contributed by atoms with E-state index in [-0.39, 0.29) is 28.1 Å². The highest BCUT2D eigenvalue weighted by Crippen LogP contribution is 2.54. The first kappa shape index (κ1) is 22.4. The Kier molecular flexibility index (Phi) is 5.35. The number of carbonyl (C=O) groups excluding carboxylic acids is 2. The fourth-order valence-electron chi connectivity index (χ4n) is 5.33. The summed E-state index contributed by atoms with van der Waals surface area (Å²) in [5, 5.41) is 10.6. The van der Waals surface area contributed by atoms with Gasteiger partial charge in [0.2, 0.25) is 0 Å². The van der Waals surface area contributed by atoms with Gasteiger partial charge in [0.15, 0.2) is 23.1 Å². The highest BCUT2D eigenvalue weighted by molar-refractivity contribution is 6.06. The minimum absolute atomic E-state index is 0.0164. The molecule has 2 aliphatic carbocycles. The molecule has 0 atom stereocenters. The number of ketones is 2. The van der Waals surface area contributed by atoms with Crippen LogP contribution in [0, 0.1) is 10.8 Å². The predicted octanol–water partition coefficient (Wildman–Crippen LogP) is 5.53. The van der Waals surface area contributed by atoms with Crippen LogP contribution in [-0.2, 0) is 20.7 Å². The van der Waals surface area contributed by atoms with Crippen molar-refractivity contribution in [3.05, 3.63) is 58.6 Å². The Bertz CT molecular complexity index is 1030. The second kappa shape index (κ2) is 7.65. The molecule has 0 saturated heterocycles. The van der Waals surface area contributed by atoms with Crippen molar-refractivity contribution >= 4 is 11.6 Å². The SMILES string of the molecule is C=CCc1cc(C2C3=C(CC(C)(C)CC3=O)OC3=C2C(=O)CC(C)(C)C3)cc(OC)c1O. The van der Waals surface area contributed by atoms with Gasteiger partial charge in [0, 0.05) is 48.3 Å². The third-order valence-corrected chi connectivity index (χ3v) is 6.68. The molecule has 0 saturated carbocycles. The van der Waals surface area contributed by atoms with E-state index in [4.69, 9.17) is 9.47 Å². The molecule has 0 fully saturated rings. The average Bonchev–Trinajstić information content (AvgIpc) is 2.66. The van der Waals surface area contributed by atoms with Crippen LogP contribution in [0.15, 0.2) is 47.5 Å². The Hall–Kier alpha value is -2.82. The standard InChI is InChI=1S/C27H32O5/c1-7-8-15-9-16(10-19(31-6)25(15)30)22-23-17(28)11-26(2,3)13-20(23)32-21-14-27(4,5)12-18(29)24(21)22/h7,9-10,22,30H,1,8,11-14H2,2-6H3. The van der Waals surface area contributed by atoms with E-state index in [1.165, 1.54) is 7.11 Å². The highest BCUT2D eigenvalue weighted by atomic mass is 16.5. The van der Waals surface area contributed by atoms with Crippen LogP contribution in [0.1, 0.15) is 70.4 Å². The highest BCUT2D eigenvalue weighted by Gasteiger charge is 2.48. The van der Waals surface area contributed by atoms with Crippen molar-refractivity contribution in [1.82, 2.24) is 0 Å². The van der Waals surface area contributed by atoms with Crippen molar-refractivity contribution < 1.29 is 24.2 Å². The van der Waals surface area contributed by atoms with E-state index < -0.39 is 5.92 Å². The van der Waals surface area contributed by atoms with Gasteiger partial charge in [-0.05, 0) is 28.9 Å². The van der Waals surface area contributed by atoms with Gasteiger partial charge < -0.3 is 14.6 Å². The zero-order valence-electron chi connectivity index (χ0n) is 19.6. The second-order valence-electron chi connectivity index (χ2n) is 10.8. The number of carbonyl (C=O) groups is 2. The second-order valence-corrected chi connectivity index (χ2v) is 10.8. The molecule has 1 aliphatic heterocycles. The Labute approximate surface area is 189 Å². The van der Waals surface area contributed by atoms with Gasteiger partial charge in [0.1, 0.15) is 11.5 Å². The molecule has 3 aliphatic rings. The first-order valence-electron chi connectivity index (χ1n) is 11.2. The van der Waals surface area contributed by atoms with Gasteiger partial charge in [-0.25, -0.2) is 0 Å². The Morgan fingerprint density at radius 3 is 2.03 bits per heavy atom. The molecular weight excluding hydrogens is 404 g/mol. The number of methoxy groups -OCH3 is 1. The summed E-state index contributed by atoms with van der Waals surface area (Å²) >= 11 is 0. The van der Waals surface area contributed by atoms with E-state index in [0.717, 1.165) is 5.56 Å². The topological polar surface area (TPSA) is 72.8 Å². The molecule has 4 rings (SSSR count). The van der Waals surface area contributed by atoms with E-state index in [9.17, 15) is 14.7 Å². The molecule has 5 heteroatoms. The molecule has 0 amide bonds. The monoisotopic (exact) mass is 436 g/mol. The zero-order chi connectivity index (χ0) is 23.4. The number of aromatic hydroxyl groups is 1. The third kappa shape index (κ3) is 3.78. The molecule has 0 radical (unpaired) electrons. The maximum absolute atomic E-state index is 13.4. The van der Waals surface area contributed by atoms with Crippen molar-refractivity contribution in [1.29, 1.82) is 0 Å². The van der Waals surface area contributed by atoms with Gasteiger partial charge in [-0.2, -0.15) is 0 Å². The van der Waals surface area contributed by atoms with Crippen LogP contribution in [0.25, 0.3) is 0 Å². The number of hydrogen-bond donors (Lipinski definition) is 1. The molecule has 1 aromatic carbocycles. The van der Waals surface area contributed by atoms with Crippen molar-refractivity contribution in [2.24, 2.45) is 10.8 Å². The van der Waals surface area contributed by atoms with E-state index in [0.29, 0.717) is 66.1 Å². The number of benzene rings is 1. The lowest BCUT2D eigenvalue weighted by Gasteiger charge is -2.42. The number of hydrogen-bond acceptors (Lipinski definition) is 5. The first-order valence-corrected chi connectivity index (χ1v) is 11.2. The molecule has 0 unspecified atom stereocenters. The van der Waals surface area contributed by atoms with Crippen molar-refractivity contribution in [2.75, 3.05) is 7.11 Å². The molecule has 0 spiro atoms. The molecule has 5 nitrogen and oxygen atoms in total. The lowest BCUT2D eigenvalue weighted by atomic mass is 9.65. The smallest absolute Gasteiger partial charge is 0.163 e. The number of phenolic OH excluding ortho intramolecular Hbond substituents is 1. The van der Waals surface area contributed by atoms with Gasteiger partial charge in [0.25, 0.3) is 0 Å². The Morgan fingerprint density at radius 1 is 1.03 bits per heavy atom. The van der Waals surface area contributed by atoms with E-state index >= 15 is 0 Å². The predicted molar refractivity (Wildman–Crippen MR) is 122 cm³/mol. The summed E-state index contributed by atoms with van der Waals surface area (Å²) in [5.41, 5.74) is 2.17. The zero-order valence-corrected chi connectivity index (χ0v) is 19.6. The van der Waals surface area contributed by atoms with E-state index in [1.807, 2.05) is 6.07 Å². The summed E-state index contributed by atoms with van der Waals surface area (Å²) < 4.78 is 11.8. The summed E-state index contributed by atoms with van der Waals surface area (Å²) in [6.45, 7) is 12.1. The largest absolute Gasteiger partial charge is 0.504 e. The molecular formula is C27H32O5. The fourth-order valence-corrected chi connectivity index (χ4v) is 5.33. The third-order valence-electron chi connectivity index (χ3n) is 6.68. The van der Waals surface area contributed by atoms with E-state index in [2.05, 4.69) is 34.3 Å². The minimum atomic E-state index is -0.515. The van der Waals surface area contributed by atoms with Gasteiger partial charge in [0.05, 0.1) is 7.11 Å². The van der Waals surface area contributed by atoms with Crippen LogP contribution in [-0.4, -0.2) is 23.8 Å². The summed E-state index contributed by atoms with van der Waals surface area (Å²) in [6, 6.07) is 3.61. The molecule has 32 heavy (non-hydrogen) atoms. The average molecular weight is 437 g/mol. The molecule has 1 N–H and O–H groups in total. The van der Waals surface area contributed by atoms with Crippen LogP contribution in [0.5, 0.6) is 11.5 Å². The van der Waals surface area contributed by atoms with Crippen LogP contribution < -0.4 is 4.74 Å². The quantitative estimate of drug-likeness (QED) is 0.628. The number of phenols is 1. The van der Waals surface area contributed by atoms with Gasteiger partial charge in [-0.15, -0.1) is 6.58 Å². The van der Waals surface area contributed by atoms with Crippen LogP contribution in [0.3, 0.4) is 0 Å². The summed E-state index contributed by atoms with van der Waals surface area (Å²) in [4.78, 5) is 26.8. The fraction of sp³-hybridized carbons (Fsp3) is 0.481.